The quantitative estimate of drug-likeness (QED) is 0.191. The van der Waals surface area contributed by atoms with Crippen LogP contribution in [0.2, 0.25) is 0 Å². The molecular weight excluding hydrogens is 466 g/mol. The van der Waals surface area contributed by atoms with E-state index in [0.717, 1.165) is 5.56 Å². The van der Waals surface area contributed by atoms with Crippen molar-refractivity contribution in [3.8, 4) is 0 Å². The molecular formula is C25H39N5O6. The third-order valence-electron chi connectivity index (χ3n) is 5.26. The zero-order valence-corrected chi connectivity index (χ0v) is 21.7. The number of rotatable bonds is 14. The van der Waals surface area contributed by atoms with E-state index in [1.165, 1.54) is 0 Å². The monoisotopic (exact) mass is 505 g/mol. The number of hydrogen-bond donors (Lipinski definition) is 5. The Morgan fingerprint density at radius 3 is 2.11 bits per heavy atom. The van der Waals surface area contributed by atoms with Crippen LogP contribution < -0.4 is 27.0 Å². The van der Waals surface area contributed by atoms with Crippen LogP contribution >= 0.6 is 0 Å². The lowest BCUT2D eigenvalue weighted by Crippen LogP contribution is -2.54. The van der Waals surface area contributed by atoms with Crippen LogP contribution in [0.4, 0.5) is 10.5 Å². The van der Waals surface area contributed by atoms with Gasteiger partial charge in [-0.15, -0.1) is 0 Å². The number of urea groups is 1. The second kappa shape index (κ2) is 15.4. The van der Waals surface area contributed by atoms with Gasteiger partial charge in [-0.2, -0.15) is 0 Å². The largest absolute Gasteiger partial charge is 0.461 e. The highest BCUT2D eigenvalue weighted by Gasteiger charge is 2.28. The van der Waals surface area contributed by atoms with Crippen molar-refractivity contribution in [2.45, 2.75) is 72.6 Å². The Labute approximate surface area is 212 Å². The molecule has 0 aromatic heterocycles. The van der Waals surface area contributed by atoms with E-state index in [0.29, 0.717) is 12.1 Å². The number of hydrogen-bond acceptors (Lipinski definition) is 6. The lowest BCUT2D eigenvalue weighted by atomic mass is 10.0. The summed E-state index contributed by atoms with van der Waals surface area (Å²) in [6, 6.07) is 4.39. The predicted octanol–water partition coefficient (Wildman–Crippen LogP) is 1.81. The lowest BCUT2D eigenvalue weighted by molar-refractivity contribution is -0.148. The Morgan fingerprint density at radius 2 is 1.58 bits per heavy atom. The van der Waals surface area contributed by atoms with Crippen LogP contribution in [0.3, 0.4) is 0 Å². The summed E-state index contributed by atoms with van der Waals surface area (Å²) in [5.74, 6) is -1.92. The van der Waals surface area contributed by atoms with E-state index in [1.807, 2.05) is 0 Å². The van der Waals surface area contributed by atoms with Gasteiger partial charge in [0.05, 0.1) is 5.92 Å². The minimum atomic E-state index is -0.918. The molecule has 1 rings (SSSR count). The van der Waals surface area contributed by atoms with E-state index in [2.05, 4.69) is 21.3 Å². The molecule has 36 heavy (non-hydrogen) atoms. The third-order valence-corrected chi connectivity index (χ3v) is 5.26. The zero-order valence-electron chi connectivity index (χ0n) is 21.7. The molecule has 1 aromatic carbocycles. The van der Waals surface area contributed by atoms with E-state index in [9.17, 15) is 24.0 Å². The molecule has 0 saturated heterocycles. The Morgan fingerprint density at radius 1 is 0.944 bits per heavy atom. The number of primary amides is 1. The van der Waals surface area contributed by atoms with Gasteiger partial charge in [0.25, 0.3) is 0 Å². The maximum Gasteiger partial charge on any atom is 0.312 e. The third kappa shape index (κ3) is 11.2. The number of carbonyl (C=O) groups is 5. The molecule has 0 aliphatic rings. The maximum atomic E-state index is 13.0. The standard InChI is InChI=1S/C25H39N5O6/c1-6-20(31)30-21(15(2)3)23(33)29-19(8-7-13-27-25(26)35)22(32)28-18-11-9-17(10-12-18)14-36-24(34)16(4)5/h9-12,15-16,19,21H,6-8,13-14H2,1-5H3,(H,28,32)(H,29,33)(H,30,31)(H3,26,27,35)/t19-,21-/m0/s1. The minimum Gasteiger partial charge on any atom is -0.461 e. The van der Waals surface area contributed by atoms with Gasteiger partial charge in [-0.25, -0.2) is 4.79 Å². The summed E-state index contributed by atoms with van der Waals surface area (Å²) in [5, 5.41) is 10.6. The van der Waals surface area contributed by atoms with Crippen LogP contribution in [0, 0.1) is 11.8 Å². The molecule has 0 saturated carbocycles. The van der Waals surface area contributed by atoms with Gasteiger partial charge in [0.2, 0.25) is 17.7 Å². The van der Waals surface area contributed by atoms with Gasteiger partial charge in [0, 0.05) is 18.7 Å². The SMILES string of the molecule is CCC(=O)N[C@H](C(=O)N[C@@H](CCCNC(N)=O)C(=O)Nc1ccc(COC(=O)C(C)C)cc1)C(C)C. The van der Waals surface area contributed by atoms with Crippen molar-refractivity contribution in [1.82, 2.24) is 16.0 Å². The van der Waals surface area contributed by atoms with Crippen molar-refractivity contribution in [3.63, 3.8) is 0 Å². The number of ether oxygens (including phenoxy) is 1. The summed E-state index contributed by atoms with van der Waals surface area (Å²) in [7, 11) is 0. The number of carbonyl (C=O) groups excluding carboxylic acids is 5. The van der Waals surface area contributed by atoms with E-state index in [4.69, 9.17) is 10.5 Å². The second-order valence-electron chi connectivity index (χ2n) is 9.09. The molecule has 200 valence electrons. The molecule has 0 aliphatic heterocycles. The average molecular weight is 506 g/mol. The van der Waals surface area contributed by atoms with Gasteiger partial charge in [-0.05, 0) is 36.5 Å². The highest BCUT2D eigenvalue weighted by molar-refractivity contribution is 5.98. The van der Waals surface area contributed by atoms with Crippen LogP contribution in [0.15, 0.2) is 24.3 Å². The molecule has 0 bridgehead atoms. The van der Waals surface area contributed by atoms with Gasteiger partial charge in [0.1, 0.15) is 18.7 Å². The van der Waals surface area contributed by atoms with E-state index in [1.54, 1.807) is 58.9 Å². The molecule has 0 heterocycles. The van der Waals surface area contributed by atoms with Crippen molar-refractivity contribution in [3.05, 3.63) is 29.8 Å². The number of amides is 5. The first-order valence-electron chi connectivity index (χ1n) is 12.1. The molecule has 2 atom stereocenters. The Kier molecular flexibility index (Phi) is 13.0. The second-order valence-corrected chi connectivity index (χ2v) is 9.09. The molecule has 0 radical (unpaired) electrons. The van der Waals surface area contributed by atoms with Crippen LogP contribution in [-0.2, 0) is 30.5 Å². The predicted molar refractivity (Wildman–Crippen MR) is 136 cm³/mol. The molecule has 6 N–H and O–H groups in total. The van der Waals surface area contributed by atoms with E-state index in [-0.39, 0.29) is 49.7 Å². The normalized spacial score (nSPS) is 12.4. The number of nitrogens with two attached hydrogens (primary N) is 1. The van der Waals surface area contributed by atoms with Crippen molar-refractivity contribution in [2.24, 2.45) is 17.6 Å². The molecule has 0 aliphatic carbocycles. The fourth-order valence-corrected chi connectivity index (χ4v) is 3.09. The Bertz CT molecular complexity index is 901. The first-order chi connectivity index (χ1) is 16.9. The lowest BCUT2D eigenvalue weighted by Gasteiger charge is -2.25. The maximum absolute atomic E-state index is 13.0. The highest BCUT2D eigenvalue weighted by atomic mass is 16.5. The van der Waals surface area contributed by atoms with Crippen molar-refractivity contribution in [2.75, 3.05) is 11.9 Å². The van der Waals surface area contributed by atoms with Gasteiger partial charge < -0.3 is 31.7 Å². The first-order valence-corrected chi connectivity index (χ1v) is 12.1. The fraction of sp³-hybridized carbons (Fsp3) is 0.560. The summed E-state index contributed by atoms with van der Waals surface area (Å²) in [4.78, 5) is 60.4. The number of anilines is 1. The van der Waals surface area contributed by atoms with Crippen LogP contribution in [0.1, 0.15) is 59.4 Å². The van der Waals surface area contributed by atoms with Crippen LogP contribution in [0.25, 0.3) is 0 Å². The molecule has 5 amide bonds. The van der Waals surface area contributed by atoms with Gasteiger partial charge >= 0.3 is 12.0 Å². The highest BCUT2D eigenvalue weighted by Crippen LogP contribution is 2.13. The summed E-state index contributed by atoms with van der Waals surface area (Å²) >= 11 is 0. The Hall–Kier alpha value is -3.63. The van der Waals surface area contributed by atoms with E-state index < -0.39 is 29.9 Å². The summed E-state index contributed by atoms with van der Waals surface area (Å²) in [6.07, 6.45) is 0.842. The zero-order chi connectivity index (χ0) is 27.3. The molecule has 11 heteroatoms. The molecule has 11 nitrogen and oxygen atoms in total. The molecule has 0 spiro atoms. The minimum absolute atomic E-state index is 0.122. The number of esters is 1. The first kappa shape index (κ1) is 30.4. The summed E-state index contributed by atoms with van der Waals surface area (Å²) in [6.45, 7) is 9.14. The van der Waals surface area contributed by atoms with E-state index >= 15 is 0 Å². The molecule has 1 aromatic rings. The van der Waals surface area contributed by atoms with Crippen molar-refractivity contribution >= 4 is 35.4 Å². The van der Waals surface area contributed by atoms with Gasteiger partial charge in [0.15, 0.2) is 0 Å². The smallest absolute Gasteiger partial charge is 0.312 e. The molecule has 0 fully saturated rings. The number of benzene rings is 1. The molecule has 0 unspecified atom stereocenters. The topological polar surface area (TPSA) is 169 Å². The van der Waals surface area contributed by atoms with Gasteiger partial charge in [-0.3, -0.25) is 19.2 Å². The van der Waals surface area contributed by atoms with Crippen LogP contribution in [0.5, 0.6) is 0 Å². The van der Waals surface area contributed by atoms with Crippen molar-refractivity contribution in [1.29, 1.82) is 0 Å². The summed E-state index contributed by atoms with van der Waals surface area (Å²) < 4.78 is 5.20. The average Bonchev–Trinajstić information content (AvgIpc) is 2.82. The number of nitrogens with one attached hydrogen (secondary N) is 4. The van der Waals surface area contributed by atoms with Crippen molar-refractivity contribution < 1.29 is 28.7 Å². The Balaban J connectivity index is 2.88. The summed E-state index contributed by atoms with van der Waals surface area (Å²) in [5.41, 5.74) is 6.34. The van der Waals surface area contributed by atoms with Gasteiger partial charge in [-0.1, -0.05) is 46.8 Å². The van der Waals surface area contributed by atoms with Crippen LogP contribution in [-0.4, -0.2) is 48.4 Å². The fourth-order valence-electron chi connectivity index (χ4n) is 3.09.